The monoisotopic (exact) mass is 588 g/mol. The van der Waals surface area contributed by atoms with Gasteiger partial charge in [0, 0.05) is 37.8 Å². The number of esters is 1. The normalized spacial score (nSPS) is 16.3. The smallest absolute Gasteiger partial charge is 0.410 e. The Morgan fingerprint density at radius 1 is 1.00 bits per heavy atom. The van der Waals surface area contributed by atoms with E-state index in [2.05, 4.69) is 29.4 Å². The van der Waals surface area contributed by atoms with Crippen LogP contribution in [0.5, 0.6) is 0 Å². The van der Waals surface area contributed by atoms with Gasteiger partial charge in [-0.2, -0.15) is 5.10 Å². The van der Waals surface area contributed by atoms with Crippen LogP contribution in [-0.2, 0) is 27.8 Å². The molecule has 0 unspecified atom stereocenters. The second kappa shape index (κ2) is 12.5. The van der Waals surface area contributed by atoms with Crippen molar-refractivity contribution in [3.05, 3.63) is 77.1 Å². The number of carbonyl (C=O) groups excluding carboxylic acids is 3. The second-order valence-corrected chi connectivity index (χ2v) is 12.1. The number of ether oxygens (including phenoxy) is 3. The van der Waals surface area contributed by atoms with E-state index in [1.807, 2.05) is 45.0 Å². The van der Waals surface area contributed by atoms with Crippen molar-refractivity contribution in [1.29, 1.82) is 0 Å². The van der Waals surface area contributed by atoms with E-state index >= 15 is 0 Å². The summed E-state index contributed by atoms with van der Waals surface area (Å²) in [6.45, 7) is 8.47. The van der Waals surface area contributed by atoms with Gasteiger partial charge in [-0.05, 0) is 62.8 Å². The first kappa shape index (κ1) is 30.1. The predicted molar refractivity (Wildman–Crippen MR) is 161 cm³/mol. The number of amides is 2. The largest absolute Gasteiger partial charge is 0.461 e. The molecule has 1 aromatic heterocycles. The highest BCUT2D eigenvalue weighted by Gasteiger charge is 2.36. The fraction of sp³-hybridized carbons (Fsp3) is 0.455. The Labute approximate surface area is 252 Å². The minimum absolute atomic E-state index is 0.0749. The lowest BCUT2D eigenvalue weighted by Crippen LogP contribution is -2.52. The minimum Gasteiger partial charge on any atom is -0.461 e. The summed E-state index contributed by atoms with van der Waals surface area (Å²) in [5.41, 5.74) is 4.59. The van der Waals surface area contributed by atoms with Crippen LogP contribution in [0.1, 0.15) is 73.6 Å². The zero-order valence-electron chi connectivity index (χ0n) is 25.5. The molecule has 1 aliphatic carbocycles. The Bertz CT molecular complexity index is 1450. The summed E-state index contributed by atoms with van der Waals surface area (Å²) in [5, 5.41) is 4.31. The van der Waals surface area contributed by atoms with Crippen LogP contribution in [-0.4, -0.2) is 75.7 Å². The van der Waals surface area contributed by atoms with Crippen LogP contribution < -0.4 is 0 Å². The van der Waals surface area contributed by atoms with Crippen molar-refractivity contribution in [3.63, 3.8) is 0 Å². The van der Waals surface area contributed by atoms with E-state index in [0.29, 0.717) is 24.9 Å². The van der Waals surface area contributed by atoms with E-state index < -0.39 is 23.8 Å². The molecular weight excluding hydrogens is 548 g/mol. The van der Waals surface area contributed by atoms with Crippen LogP contribution in [0.25, 0.3) is 11.1 Å². The molecule has 0 saturated carbocycles. The summed E-state index contributed by atoms with van der Waals surface area (Å²) < 4.78 is 18.5. The molecule has 10 nitrogen and oxygen atoms in total. The number of benzene rings is 2. The van der Waals surface area contributed by atoms with Crippen LogP contribution in [0.15, 0.2) is 54.7 Å². The average molecular weight is 589 g/mol. The zero-order chi connectivity index (χ0) is 30.7. The molecule has 0 radical (unpaired) electrons. The molecule has 2 amide bonds. The van der Waals surface area contributed by atoms with Gasteiger partial charge in [0.1, 0.15) is 12.2 Å². The number of likely N-dealkylation sites (tertiary alicyclic amines) is 1. The summed E-state index contributed by atoms with van der Waals surface area (Å²) in [6.07, 6.45) is 2.13. The molecule has 0 spiro atoms. The lowest BCUT2D eigenvalue weighted by atomic mass is 9.98. The Morgan fingerprint density at radius 2 is 1.65 bits per heavy atom. The maximum Gasteiger partial charge on any atom is 0.410 e. The molecule has 0 N–H and O–H groups in total. The lowest BCUT2D eigenvalue weighted by Gasteiger charge is -2.39. The third-order valence-corrected chi connectivity index (χ3v) is 7.77. The molecular formula is C33H40N4O6. The molecule has 2 aromatic carbocycles. The Kier molecular flexibility index (Phi) is 8.75. The first-order valence-corrected chi connectivity index (χ1v) is 14.8. The highest BCUT2D eigenvalue weighted by Crippen LogP contribution is 2.44. The fourth-order valence-corrected chi connectivity index (χ4v) is 5.93. The zero-order valence-corrected chi connectivity index (χ0v) is 25.5. The van der Waals surface area contributed by atoms with Crippen molar-refractivity contribution in [2.24, 2.45) is 7.05 Å². The van der Waals surface area contributed by atoms with Crippen molar-refractivity contribution in [1.82, 2.24) is 19.6 Å². The number of fused-ring (bicyclic) bond motifs is 3. The Morgan fingerprint density at radius 3 is 2.28 bits per heavy atom. The van der Waals surface area contributed by atoms with E-state index in [0.717, 1.165) is 22.3 Å². The summed E-state index contributed by atoms with van der Waals surface area (Å²) in [4.78, 5) is 42.9. The van der Waals surface area contributed by atoms with Gasteiger partial charge in [-0.3, -0.25) is 9.58 Å². The van der Waals surface area contributed by atoms with E-state index in [1.54, 1.807) is 30.0 Å². The van der Waals surface area contributed by atoms with Crippen molar-refractivity contribution >= 4 is 18.2 Å². The number of hydrogen-bond donors (Lipinski definition) is 0. The van der Waals surface area contributed by atoms with E-state index in [1.165, 1.54) is 4.68 Å². The number of nitrogens with zero attached hydrogens (tertiary/aromatic N) is 4. The summed E-state index contributed by atoms with van der Waals surface area (Å²) >= 11 is 0. The van der Waals surface area contributed by atoms with Gasteiger partial charge in [0.2, 0.25) is 0 Å². The first-order valence-electron chi connectivity index (χ1n) is 14.8. The van der Waals surface area contributed by atoms with Gasteiger partial charge >= 0.3 is 18.2 Å². The molecule has 3 aromatic rings. The van der Waals surface area contributed by atoms with Gasteiger partial charge in [-0.15, -0.1) is 0 Å². The molecule has 43 heavy (non-hydrogen) atoms. The third-order valence-electron chi connectivity index (χ3n) is 7.77. The maximum atomic E-state index is 14.0. The summed E-state index contributed by atoms with van der Waals surface area (Å²) in [6, 6.07) is 16.0. The van der Waals surface area contributed by atoms with Gasteiger partial charge in [-0.1, -0.05) is 48.5 Å². The van der Waals surface area contributed by atoms with Gasteiger partial charge in [-0.25, -0.2) is 14.4 Å². The van der Waals surface area contributed by atoms with Crippen molar-refractivity contribution in [2.45, 2.75) is 64.6 Å². The van der Waals surface area contributed by atoms with Gasteiger partial charge in [0.25, 0.3) is 0 Å². The third kappa shape index (κ3) is 6.68. The molecule has 0 bridgehead atoms. The van der Waals surface area contributed by atoms with Crippen LogP contribution in [0, 0.1) is 0 Å². The Balaban J connectivity index is 1.40. The number of piperidine rings is 1. The molecule has 10 heteroatoms. The van der Waals surface area contributed by atoms with E-state index in [9.17, 15) is 14.4 Å². The number of aromatic nitrogens is 2. The molecule has 228 valence electrons. The molecule has 5 rings (SSSR count). The second-order valence-electron chi connectivity index (χ2n) is 12.1. The van der Waals surface area contributed by atoms with Crippen molar-refractivity contribution in [3.8, 4) is 11.1 Å². The highest BCUT2D eigenvalue weighted by atomic mass is 16.6. The van der Waals surface area contributed by atoms with Gasteiger partial charge in [0.05, 0.1) is 19.2 Å². The molecule has 2 heterocycles. The van der Waals surface area contributed by atoms with Crippen molar-refractivity contribution in [2.75, 3.05) is 26.3 Å². The first-order chi connectivity index (χ1) is 20.6. The Hall–Kier alpha value is -4.34. The molecule has 1 saturated heterocycles. The minimum atomic E-state index is -0.638. The highest BCUT2D eigenvalue weighted by molar-refractivity contribution is 5.89. The quantitative estimate of drug-likeness (QED) is 0.256. The molecule has 1 fully saturated rings. The number of rotatable bonds is 7. The molecule has 1 atom stereocenters. The van der Waals surface area contributed by atoms with Crippen LogP contribution in [0.4, 0.5) is 9.59 Å². The van der Waals surface area contributed by atoms with E-state index in [4.69, 9.17) is 14.2 Å². The van der Waals surface area contributed by atoms with Gasteiger partial charge in [0.15, 0.2) is 5.69 Å². The predicted octanol–water partition coefficient (Wildman–Crippen LogP) is 5.75. The topological polar surface area (TPSA) is 103 Å². The lowest BCUT2D eigenvalue weighted by molar-refractivity contribution is 0.00796. The summed E-state index contributed by atoms with van der Waals surface area (Å²) in [5.74, 6) is -0.652. The van der Waals surface area contributed by atoms with E-state index in [-0.39, 0.29) is 44.0 Å². The maximum absolute atomic E-state index is 14.0. The molecule has 1 aliphatic heterocycles. The number of carbonyl (C=O) groups is 3. The summed E-state index contributed by atoms with van der Waals surface area (Å²) in [7, 11) is 1.72. The molecule has 2 aliphatic rings. The van der Waals surface area contributed by atoms with Crippen molar-refractivity contribution < 1.29 is 28.6 Å². The number of aryl methyl sites for hydroxylation is 1. The number of hydrogen-bond acceptors (Lipinski definition) is 7. The van der Waals surface area contributed by atoms with Crippen LogP contribution >= 0.6 is 0 Å². The average Bonchev–Trinajstić information content (AvgIpc) is 3.51. The van der Waals surface area contributed by atoms with Gasteiger partial charge < -0.3 is 19.1 Å². The van der Waals surface area contributed by atoms with Crippen LogP contribution in [0.3, 0.4) is 0 Å². The fourth-order valence-electron chi connectivity index (χ4n) is 5.93. The standard InChI is InChI=1S/C33H40N4O6/c1-6-41-30(38)29-22(18-35(5)34-29)19-37(23-12-11-17-36(20-23)31(39)43-33(2,3)4)32(40)42-21-28-26-15-9-7-13-24(26)25-14-8-10-16-27(25)28/h7-10,13-16,18,23,28H,6,11-12,17,19-21H2,1-5H3/t23-/m0/s1. The van der Waals surface area contributed by atoms with Crippen LogP contribution in [0.2, 0.25) is 0 Å². The SMILES string of the molecule is CCOC(=O)c1nn(C)cc1CN(C(=O)OCC1c2ccccc2-c2ccccc21)[C@H]1CCCN(C(=O)OC(C)(C)C)C1.